The van der Waals surface area contributed by atoms with E-state index in [9.17, 15) is 0 Å². The minimum absolute atomic E-state index is 0.275. The molecule has 0 rings (SSSR count). The Bertz CT molecular complexity index is 296. The van der Waals surface area contributed by atoms with E-state index in [4.69, 9.17) is 8.85 Å². The molecule has 0 aliphatic carbocycles. The molecule has 0 bridgehead atoms. The lowest BCUT2D eigenvalue weighted by atomic mass is 9.85. The number of hydrogen-bond acceptors (Lipinski definition) is 4. The van der Waals surface area contributed by atoms with Crippen molar-refractivity contribution in [3.8, 4) is 0 Å². The van der Waals surface area contributed by atoms with Crippen molar-refractivity contribution >= 4 is 8.56 Å². The molecule has 0 saturated carbocycles. The third kappa shape index (κ3) is 10.1. The Hall–Kier alpha value is 0.0569. The molecule has 0 N–H and O–H groups in total. The third-order valence-electron chi connectivity index (χ3n) is 5.18. The lowest BCUT2D eigenvalue weighted by Crippen LogP contribution is -2.45. The molecule has 0 aliphatic rings. The van der Waals surface area contributed by atoms with Crippen LogP contribution in [0.3, 0.4) is 0 Å². The standard InChI is InChI=1S/C19H44N2O2Si/c1-9-10-11-12-17-24(22-7,23-8)18-19(2,13-15-20(3)4)14-16-21(5)6/h9-18H2,1-8H3. The van der Waals surface area contributed by atoms with Gasteiger partial charge in [0.05, 0.1) is 0 Å². The van der Waals surface area contributed by atoms with E-state index in [1.165, 1.54) is 38.5 Å². The van der Waals surface area contributed by atoms with Crippen molar-refractivity contribution in [2.45, 2.75) is 64.5 Å². The number of rotatable bonds is 15. The van der Waals surface area contributed by atoms with E-state index in [1.54, 1.807) is 0 Å². The zero-order valence-corrected chi connectivity index (χ0v) is 18.8. The van der Waals surface area contributed by atoms with Crippen LogP contribution in [0, 0.1) is 5.41 Å². The van der Waals surface area contributed by atoms with Gasteiger partial charge in [-0.05, 0) is 71.6 Å². The summed E-state index contributed by atoms with van der Waals surface area (Å²) in [5.74, 6) is 0. The topological polar surface area (TPSA) is 24.9 Å². The molecule has 0 spiro atoms. The summed E-state index contributed by atoms with van der Waals surface area (Å²) in [6.45, 7) is 6.94. The van der Waals surface area contributed by atoms with Gasteiger partial charge in [-0.25, -0.2) is 0 Å². The Morgan fingerprint density at radius 1 is 0.833 bits per heavy atom. The fourth-order valence-corrected chi connectivity index (χ4v) is 6.76. The Balaban J connectivity index is 4.97. The lowest BCUT2D eigenvalue weighted by molar-refractivity contribution is 0.181. The number of unbranched alkanes of at least 4 members (excludes halogenated alkanes) is 3. The van der Waals surface area contributed by atoms with Crippen LogP contribution in [0.4, 0.5) is 0 Å². The van der Waals surface area contributed by atoms with Crippen molar-refractivity contribution in [3.05, 3.63) is 0 Å². The summed E-state index contributed by atoms with van der Waals surface area (Å²) in [4.78, 5) is 4.58. The van der Waals surface area contributed by atoms with E-state index in [0.717, 1.165) is 25.2 Å². The van der Waals surface area contributed by atoms with Crippen LogP contribution in [-0.4, -0.2) is 73.9 Å². The molecule has 0 radical (unpaired) electrons. The summed E-state index contributed by atoms with van der Waals surface area (Å²) < 4.78 is 12.1. The first-order chi connectivity index (χ1) is 11.2. The molecule has 0 aromatic rings. The fraction of sp³-hybridized carbons (Fsp3) is 1.00. The van der Waals surface area contributed by atoms with Crippen LogP contribution in [0.5, 0.6) is 0 Å². The molecule has 0 heterocycles. The van der Waals surface area contributed by atoms with Crippen LogP contribution in [0.2, 0.25) is 12.1 Å². The fourth-order valence-electron chi connectivity index (χ4n) is 3.28. The van der Waals surface area contributed by atoms with Gasteiger partial charge in [-0.2, -0.15) is 0 Å². The summed E-state index contributed by atoms with van der Waals surface area (Å²) in [6.07, 6.45) is 7.52. The zero-order valence-electron chi connectivity index (χ0n) is 17.8. The zero-order chi connectivity index (χ0) is 18.6. The lowest BCUT2D eigenvalue weighted by Gasteiger charge is -2.39. The Morgan fingerprint density at radius 3 is 1.71 bits per heavy atom. The number of hydrogen-bond donors (Lipinski definition) is 0. The van der Waals surface area contributed by atoms with Gasteiger partial charge in [0.15, 0.2) is 0 Å². The van der Waals surface area contributed by atoms with E-state index < -0.39 is 8.56 Å². The second kappa shape index (κ2) is 12.4. The maximum absolute atomic E-state index is 6.07. The van der Waals surface area contributed by atoms with Gasteiger partial charge in [0.1, 0.15) is 0 Å². The van der Waals surface area contributed by atoms with Crippen molar-refractivity contribution in [2.24, 2.45) is 5.41 Å². The SMILES string of the molecule is CCCCCC[Si](CC(C)(CCN(C)C)CCN(C)C)(OC)OC. The van der Waals surface area contributed by atoms with Crippen LogP contribution in [0.15, 0.2) is 0 Å². The molecular weight excluding hydrogens is 316 g/mol. The minimum atomic E-state index is -2.11. The highest BCUT2D eigenvalue weighted by Crippen LogP contribution is 2.39. The van der Waals surface area contributed by atoms with E-state index >= 15 is 0 Å². The van der Waals surface area contributed by atoms with Gasteiger partial charge in [-0.3, -0.25) is 0 Å². The van der Waals surface area contributed by atoms with E-state index in [-0.39, 0.29) is 5.41 Å². The molecule has 24 heavy (non-hydrogen) atoms. The van der Waals surface area contributed by atoms with Crippen molar-refractivity contribution in [1.29, 1.82) is 0 Å². The average molecular weight is 361 g/mol. The molecule has 146 valence electrons. The smallest absolute Gasteiger partial charge is 0.338 e. The van der Waals surface area contributed by atoms with E-state index in [1.807, 2.05) is 14.2 Å². The maximum Gasteiger partial charge on any atom is 0.338 e. The number of nitrogens with zero attached hydrogens (tertiary/aromatic N) is 2. The average Bonchev–Trinajstić information content (AvgIpc) is 2.54. The van der Waals surface area contributed by atoms with Crippen LogP contribution >= 0.6 is 0 Å². The monoisotopic (exact) mass is 360 g/mol. The summed E-state index contributed by atoms with van der Waals surface area (Å²) in [5, 5.41) is 0. The van der Waals surface area contributed by atoms with Gasteiger partial charge in [0.2, 0.25) is 0 Å². The molecule has 0 saturated heterocycles. The van der Waals surface area contributed by atoms with Crippen LogP contribution in [0.1, 0.15) is 52.4 Å². The Labute approximate surface area is 153 Å². The van der Waals surface area contributed by atoms with Gasteiger partial charge >= 0.3 is 8.56 Å². The molecule has 0 fully saturated rings. The predicted octanol–water partition coefficient (Wildman–Crippen LogP) is 4.21. The molecule has 0 aromatic carbocycles. The van der Waals surface area contributed by atoms with Gasteiger partial charge in [0, 0.05) is 14.2 Å². The molecule has 0 aliphatic heterocycles. The first kappa shape index (κ1) is 24.1. The summed E-state index contributed by atoms with van der Waals surface area (Å²) in [5.41, 5.74) is 0.275. The molecule has 0 unspecified atom stereocenters. The highest BCUT2D eigenvalue weighted by atomic mass is 28.4. The highest BCUT2D eigenvalue weighted by Gasteiger charge is 2.42. The van der Waals surface area contributed by atoms with Crippen molar-refractivity contribution < 1.29 is 8.85 Å². The molecular formula is C19H44N2O2Si. The van der Waals surface area contributed by atoms with Crippen molar-refractivity contribution in [1.82, 2.24) is 9.80 Å². The van der Waals surface area contributed by atoms with Gasteiger partial charge in [0.25, 0.3) is 0 Å². The minimum Gasteiger partial charge on any atom is -0.398 e. The highest BCUT2D eigenvalue weighted by molar-refractivity contribution is 6.67. The van der Waals surface area contributed by atoms with Gasteiger partial charge in [-0.1, -0.05) is 39.5 Å². The molecule has 4 nitrogen and oxygen atoms in total. The largest absolute Gasteiger partial charge is 0.398 e. The Kier molecular flexibility index (Phi) is 12.4. The molecule has 0 amide bonds. The second-order valence-corrected chi connectivity index (χ2v) is 11.7. The Morgan fingerprint density at radius 2 is 1.33 bits per heavy atom. The molecule has 0 aromatic heterocycles. The third-order valence-corrected chi connectivity index (χ3v) is 9.17. The van der Waals surface area contributed by atoms with Gasteiger partial charge in [-0.15, -0.1) is 0 Å². The molecule has 0 atom stereocenters. The van der Waals surface area contributed by atoms with Crippen LogP contribution in [0.25, 0.3) is 0 Å². The summed E-state index contributed by atoms with van der Waals surface area (Å²) in [7, 11) is 10.3. The summed E-state index contributed by atoms with van der Waals surface area (Å²) in [6, 6.07) is 2.22. The van der Waals surface area contributed by atoms with E-state index in [0.29, 0.717) is 0 Å². The quantitative estimate of drug-likeness (QED) is 0.323. The second-order valence-electron chi connectivity index (χ2n) is 8.22. The van der Waals surface area contributed by atoms with E-state index in [2.05, 4.69) is 51.8 Å². The van der Waals surface area contributed by atoms with Crippen molar-refractivity contribution in [3.63, 3.8) is 0 Å². The first-order valence-corrected chi connectivity index (χ1v) is 11.9. The van der Waals surface area contributed by atoms with Crippen LogP contribution in [-0.2, 0) is 8.85 Å². The van der Waals surface area contributed by atoms with Gasteiger partial charge < -0.3 is 18.7 Å². The first-order valence-electron chi connectivity index (χ1n) is 9.62. The normalized spacial score (nSPS) is 13.2. The van der Waals surface area contributed by atoms with Crippen molar-refractivity contribution in [2.75, 3.05) is 55.5 Å². The summed E-state index contributed by atoms with van der Waals surface area (Å²) >= 11 is 0. The molecule has 5 heteroatoms. The van der Waals surface area contributed by atoms with Crippen LogP contribution < -0.4 is 0 Å². The maximum atomic E-state index is 6.07. The predicted molar refractivity (Wildman–Crippen MR) is 108 cm³/mol.